The average Bonchev–Trinajstić information content (AvgIpc) is 2.53. The summed E-state index contributed by atoms with van der Waals surface area (Å²) in [5.41, 5.74) is 1.28. The first-order chi connectivity index (χ1) is 9.85. The molecule has 1 N–H and O–H groups in total. The minimum absolute atomic E-state index is 0.658. The second-order valence-corrected chi connectivity index (χ2v) is 5.98. The molecule has 0 amide bonds. The topological polar surface area (TPSA) is 30.5 Å². The van der Waals surface area contributed by atoms with E-state index in [0.717, 1.165) is 24.0 Å². The van der Waals surface area contributed by atoms with Crippen LogP contribution >= 0.6 is 0 Å². The molecular formula is C17H25NO2. The maximum Gasteiger partial charge on any atom is 0.161 e. The van der Waals surface area contributed by atoms with Crippen molar-refractivity contribution in [1.29, 1.82) is 0 Å². The Morgan fingerprint density at radius 3 is 2.55 bits per heavy atom. The van der Waals surface area contributed by atoms with Gasteiger partial charge in [0.25, 0.3) is 0 Å². The van der Waals surface area contributed by atoms with Crippen molar-refractivity contribution in [1.82, 2.24) is 5.32 Å². The van der Waals surface area contributed by atoms with Crippen LogP contribution in [-0.4, -0.2) is 19.3 Å². The van der Waals surface area contributed by atoms with E-state index in [-0.39, 0.29) is 0 Å². The van der Waals surface area contributed by atoms with E-state index in [1.807, 2.05) is 6.07 Å². The first kappa shape index (κ1) is 13.7. The Hall–Kier alpha value is -1.22. The largest absolute Gasteiger partial charge is 0.486 e. The van der Waals surface area contributed by atoms with Gasteiger partial charge in [-0.05, 0) is 49.3 Å². The summed E-state index contributed by atoms with van der Waals surface area (Å²) < 4.78 is 11.2. The fourth-order valence-electron chi connectivity index (χ4n) is 3.23. The Kier molecular flexibility index (Phi) is 4.46. The van der Waals surface area contributed by atoms with Gasteiger partial charge < -0.3 is 14.8 Å². The predicted molar refractivity (Wildman–Crippen MR) is 80.3 cm³/mol. The smallest absolute Gasteiger partial charge is 0.161 e. The van der Waals surface area contributed by atoms with Crippen molar-refractivity contribution < 1.29 is 9.47 Å². The lowest BCUT2D eigenvalue weighted by molar-refractivity contribution is 0.171. The van der Waals surface area contributed by atoms with Gasteiger partial charge in [0.1, 0.15) is 13.2 Å². The normalized spacial score (nSPS) is 25.4. The lowest BCUT2D eigenvalue weighted by Crippen LogP contribution is -2.32. The minimum Gasteiger partial charge on any atom is -0.486 e. The molecule has 3 nitrogen and oxygen atoms in total. The molecule has 1 fully saturated rings. The predicted octanol–water partition coefficient (Wildman–Crippen LogP) is 3.52. The third-order valence-corrected chi connectivity index (χ3v) is 4.63. The van der Waals surface area contributed by atoms with Crippen molar-refractivity contribution in [3.8, 4) is 11.5 Å². The minimum atomic E-state index is 0.658. The Balaban J connectivity index is 1.51. The molecule has 3 heteroatoms. The molecule has 3 rings (SSSR count). The highest BCUT2D eigenvalue weighted by molar-refractivity contribution is 5.43. The summed E-state index contributed by atoms with van der Waals surface area (Å²) in [7, 11) is 0. The molecule has 20 heavy (non-hydrogen) atoms. The van der Waals surface area contributed by atoms with E-state index >= 15 is 0 Å². The van der Waals surface area contributed by atoms with Crippen LogP contribution in [0.5, 0.6) is 11.5 Å². The van der Waals surface area contributed by atoms with E-state index in [9.17, 15) is 0 Å². The van der Waals surface area contributed by atoms with E-state index in [0.29, 0.717) is 19.3 Å². The Bertz CT molecular complexity index is 439. The van der Waals surface area contributed by atoms with Gasteiger partial charge in [-0.1, -0.05) is 19.4 Å². The third-order valence-electron chi connectivity index (χ3n) is 4.63. The van der Waals surface area contributed by atoms with Crippen LogP contribution in [0.15, 0.2) is 18.2 Å². The van der Waals surface area contributed by atoms with Crippen LogP contribution in [0.4, 0.5) is 0 Å². The maximum atomic E-state index is 5.63. The highest BCUT2D eigenvalue weighted by atomic mass is 16.6. The summed E-state index contributed by atoms with van der Waals surface area (Å²) >= 11 is 0. The van der Waals surface area contributed by atoms with Crippen molar-refractivity contribution in [3.05, 3.63) is 23.8 Å². The molecule has 0 saturated heterocycles. The van der Waals surface area contributed by atoms with Crippen LogP contribution in [0, 0.1) is 5.92 Å². The highest BCUT2D eigenvalue weighted by Crippen LogP contribution is 2.31. The van der Waals surface area contributed by atoms with Gasteiger partial charge in [0.05, 0.1) is 0 Å². The van der Waals surface area contributed by atoms with Crippen LogP contribution in [0.25, 0.3) is 0 Å². The van der Waals surface area contributed by atoms with Crippen molar-refractivity contribution in [2.75, 3.05) is 13.2 Å². The second kappa shape index (κ2) is 6.49. The summed E-state index contributed by atoms with van der Waals surface area (Å²) in [5.74, 6) is 2.73. The lowest BCUT2D eigenvalue weighted by Gasteiger charge is -2.28. The molecular weight excluding hydrogens is 250 g/mol. The molecule has 0 bridgehead atoms. The van der Waals surface area contributed by atoms with Crippen LogP contribution < -0.4 is 14.8 Å². The molecule has 1 heterocycles. The van der Waals surface area contributed by atoms with Gasteiger partial charge in [0, 0.05) is 12.6 Å². The molecule has 1 aliphatic carbocycles. The summed E-state index contributed by atoms with van der Waals surface area (Å²) in [5, 5.41) is 3.69. The van der Waals surface area contributed by atoms with Crippen LogP contribution in [-0.2, 0) is 6.54 Å². The van der Waals surface area contributed by atoms with Gasteiger partial charge >= 0.3 is 0 Å². The number of ether oxygens (including phenoxy) is 2. The number of hydrogen-bond donors (Lipinski definition) is 1. The zero-order valence-electron chi connectivity index (χ0n) is 12.4. The van der Waals surface area contributed by atoms with Gasteiger partial charge in [0.2, 0.25) is 0 Å². The van der Waals surface area contributed by atoms with Crippen LogP contribution in [0.2, 0.25) is 0 Å². The van der Waals surface area contributed by atoms with Crippen molar-refractivity contribution in [2.45, 2.75) is 51.6 Å². The van der Waals surface area contributed by atoms with Crippen molar-refractivity contribution in [3.63, 3.8) is 0 Å². The van der Waals surface area contributed by atoms with Gasteiger partial charge in [-0.2, -0.15) is 0 Å². The van der Waals surface area contributed by atoms with Gasteiger partial charge in [0.15, 0.2) is 11.5 Å². The maximum absolute atomic E-state index is 5.63. The average molecular weight is 275 g/mol. The first-order valence-corrected chi connectivity index (χ1v) is 7.97. The SMILES string of the molecule is CCC1CCC(NCc2ccc3c(c2)OCCO3)CC1. The summed E-state index contributed by atoms with van der Waals surface area (Å²) in [4.78, 5) is 0. The molecule has 1 aromatic carbocycles. The van der Waals surface area contributed by atoms with Crippen LogP contribution in [0.3, 0.4) is 0 Å². The number of nitrogens with one attached hydrogen (secondary N) is 1. The van der Waals surface area contributed by atoms with E-state index in [2.05, 4.69) is 24.4 Å². The molecule has 0 spiro atoms. The Labute approximate surface area is 121 Å². The molecule has 2 aliphatic rings. The third kappa shape index (κ3) is 3.26. The molecule has 1 aromatic rings. The molecule has 110 valence electrons. The van der Waals surface area contributed by atoms with Crippen molar-refractivity contribution in [2.24, 2.45) is 5.92 Å². The van der Waals surface area contributed by atoms with Gasteiger partial charge in [-0.15, -0.1) is 0 Å². The number of hydrogen-bond acceptors (Lipinski definition) is 3. The van der Waals surface area contributed by atoms with E-state index in [4.69, 9.17) is 9.47 Å². The summed E-state index contributed by atoms with van der Waals surface area (Å²) in [6.45, 7) is 4.56. The number of benzene rings is 1. The van der Waals surface area contributed by atoms with Gasteiger partial charge in [-0.25, -0.2) is 0 Å². The van der Waals surface area contributed by atoms with Gasteiger partial charge in [-0.3, -0.25) is 0 Å². The molecule has 0 radical (unpaired) electrons. The second-order valence-electron chi connectivity index (χ2n) is 5.98. The monoisotopic (exact) mass is 275 g/mol. The number of fused-ring (bicyclic) bond motifs is 1. The van der Waals surface area contributed by atoms with Crippen LogP contribution in [0.1, 0.15) is 44.6 Å². The lowest BCUT2D eigenvalue weighted by atomic mass is 9.84. The fraction of sp³-hybridized carbons (Fsp3) is 0.647. The molecule has 0 unspecified atom stereocenters. The Morgan fingerprint density at radius 2 is 1.80 bits per heavy atom. The number of rotatable bonds is 4. The molecule has 1 aliphatic heterocycles. The molecule has 0 aromatic heterocycles. The first-order valence-electron chi connectivity index (χ1n) is 7.97. The summed E-state index contributed by atoms with van der Waals surface area (Å²) in [6, 6.07) is 6.96. The molecule has 1 saturated carbocycles. The zero-order valence-corrected chi connectivity index (χ0v) is 12.4. The van der Waals surface area contributed by atoms with Crippen molar-refractivity contribution >= 4 is 0 Å². The quantitative estimate of drug-likeness (QED) is 0.912. The van der Waals surface area contributed by atoms with E-state index in [1.165, 1.54) is 37.7 Å². The zero-order chi connectivity index (χ0) is 13.8. The highest BCUT2D eigenvalue weighted by Gasteiger charge is 2.19. The van der Waals surface area contributed by atoms with E-state index in [1.54, 1.807) is 0 Å². The van der Waals surface area contributed by atoms with E-state index < -0.39 is 0 Å². The standard InChI is InChI=1S/C17H25NO2/c1-2-13-3-6-15(7-4-13)18-12-14-5-8-16-17(11-14)20-10-9-19-16/h5,8,11,13,15,18H,2-4,6-7,9-10,12H2,1H3. The summed E-state index contributed by atoms with van der Waals surface area (Å²) in [6.07, 6.45) is 6.76. The Morgan fingerprint density at radius 1 is 1.05 bits per heavy atom. The fourth-order valence-corrected chi connectivity index (χ4v) is 3.23. The molecule has 0 atom stereocenters.